The van der Waals surface area contributed by atoms with Gasteiger partial charge in [0.25, 0.3) is 5.91 Å². The Balaban J connectivity index is 1.25. The summed E-state index contributed by atoms with van der Waals surface area (Å²) in [7, 11) is 0. The number of halogens is 1. The monoisotopic (exact) mass is 484 g/mol. The molecule has 0 radical (unpaired) electrons. The molecule has 0 fully saturated rings. The zero-order valence-electron chi connectivity index (χ0n) is 18.8. The molecule has 0 saturated carbocycles. The molecule has 5 rings (SSSR count). The lowest BCUT2D eigenvalue weighted by Crippen LogP contribution is -2.28. The van der Waals surface area contributed by atoms with E-state index in [4.69, 9.17) is 11.6 Å². The van der Waals surface area contributed by atoms with Gasteiger partial charge >= 0.3 is 0 Å². The minimum atomic E-state index is -0.380. The van der Waals surface area contributed by atoms with E-state index < -0.39 is 0 Å². The van der Waals surface area contributed by atoms with Crippen LogP contribution in [0.3, 0.4) is 0 Å². The van der Waals surface area contributed by atoms with Crippen molar-refractivity contribution in [2.45, 2.75) is 19.9 Å². The topological polar surface area (TPSA) is 104 Å². The van der Waals surface area contributed by atoms with E-state index in [1.54, 1.807) is 54.7 Å². The third-order valence-electron chi connectivity index (χ3n) is 5.91. The van der Waals surface area contributed by atoms with Gasteiger partial charge in [-0.15, -0.1) is 0 Å². The molecule has 0 spiro atoms. The summed E-state index contributed by atoms with van der Waals surface area (Å²) in [4.78, 5) is 45.6. The maximum atomic E-state index is 12.8. The second-order valence-electron chi connectivity index (χ2n) is 8.21. The molecule has 0 saturated heterocycles. The van der Waals surface area contributed by atoms with Crippen LogP contribution in [0.2, 0.25) is 0 Å². The summed E-state index contributed by atoms with van der Waals surface area (Å²) in [6.07, 6.45) is 2.49. The van der Waals surface area contributed by atoms with Crippen LogP contribution >= 0.6 is 11.6 Å². The first-order valence-corrected chi connectivity index (χ1v) is 11.5. The first kappa shape index (κ1) is 22.6. The van der Waals surface area contributed by atoms with Crippen LogP contribution in [-0.4, -0.2) is 27.4 Å². The third kappa shape index (κ3) is 4.34. The summed E-state index contributed by atoms with van der Waals surface area (Å²) in [6.45, 7) is 2.33. The van der Waals surface area contributed by atoms with E-state index in [0.29, 0.717) is 22.4 Å². The van der Waals surface area contributed by atoms with E-state index in [9.17, 15) is 14.4 Å². The van der Waals surface area contributed by atoms with Crippen molar-refractivity contribution in [1.29, 1.82) is 0 Å². The van der Waals surface area contributed by atoms with Gasteiger partial charge in [0.15, 0.2) is 0 Å². The number of benzene rings is 2. The van der Waals surface area contributed by atoms with Gasteiger partial charge < -0.3 is 15.6 Å². The largest absolute Gasteiger partial charge is 0.376 e. The molecule has 1 amide bonds. The lowest BCUT2D eigenvalue weighted by atomic mass is 9.92. The molecule has 0 unspecified atom stereocenters. The number of carbonyl (C=O) groups is 3. The second-order valence-corrected chi connectivity index (χ2v) is 8.59. The maximum Gasteiger partial charge on any atom is 0.255 e. The number of aromatic amines is 1. The van der Waals surface area contributed by atoms with E-state index in [-0.39, 0.29) is 34.7 Å². The lowest BCUT2D eigenvalue weighted by molar-refractivity contribution is 0.0974. The minimum absolute atomic E-state index is 0.0797. The number of allylic oxidation sites excluding steroid dienone is 2. The van der Waals surface area contributed by atoms with Gasteiger partial charge in [0.1, 0.15) is 16.4 Å². The maximum absolute atomic E-state index is 12.8. The fourth-order valence-corrected chi connectivity index (χ4v) is 4.26. The Hall–Kier alpha value is -4.23. The Morgan fingerprint density at radius 3 is 2.43 bits per heavy atom. The standard InChI is InChI=1S/C27H21ClN4O3/c1-2-18-11-17-12-19(14-30-26(17)31-18)32-27(35)16-9-7-15(8-10-16)13-29-23-22(28)24(33)20-5-3-4-6-21(20)25(23)34/h3-12,14,29H,2,13H2,1H3,(H,30,31)(H,32,35). The van der Waals surface area contributed by atoms with Gasteiger partial charge in [0.2, 0.25) is 11.6 Å². The van der Waals surface area contributed by atoms with Crippen molar-refractivity contribution in [3.63, 3.8) is 0 Å². The number of amides is 1. The van der Waals surface area contributed by atoms with Gasteiger partial charge in [-0.3, -0.25) is 14.4 Å². The van der Waals surface area contributed by atoms with Crippen molar-refractivity contribution < 1.29 is 14.4 Å². The second kappa shape index (κ2) is 9.19. The molecule has 2 aromatic heterocycles. The molecule has 2 aromatic carbocycles. The molecular formula is C27H21ClN4O3. The number of hydrogen-bond donors (Lipinski definition) is 3. The van der Waals surface area contributed by atoms with Crippen LogP contribution in [0.4, 0.5) is 5.69 Å². The number of pyridine rings is 1. The molecular weight excluding hydrogens is 464 g/mol. The lowest BCUT2D eigenvalue weighted by Gasteiger charge is -2.19. The summed E-state index contributed by atoms with van der Waals surface area (Å²) in [5, 5.41) is 6.67. The molecule has 1 aliphatic rings. The molecule has 35 heavy (non-hydrogen) atoms. The summed E-state index contributed by atoms with van der Waals surface area (Å²) in [6, 6.07) is 17.5. The van der Waals surface area contributed by atoms with Gasteiger partial charge in [-0.05, 0) is 36.2 Å². The number of nitrogens with zero attached hydrogens (tertiary/aromatic N) is 1. The normalized spacial score (nSPS) is 13.2. The highest BCUT2D eigenvalue weighted by atomic mass is 35.5. The van der Waals surface area contributed by atoms with Crippen LogP contribution in [0.5, 0.6) is 0 Å². The number of fused-ring (bicyclic) bond motifs is 2. The zero-order chi connectivity index (χ0) is 24.5. The Morgan fingerprint density at radius 1 is 1.00 bits per heavy atom. The summed E-state index contributed by atoms with van der Waals surface area (Å²) < 4.78 is 0. The fraction of sp³-hybridized carbons (Fsp3) is 0.111. The predicted octanol–water partition coefficient (Wildman–Crippen LogP) is 5.00. The van der Waals surface area contributed by atoms with Gasteiger partial charge in [0.05, 0.1) is 11.9 Å². The molecule has 8 heteroatoms. The van der Waals surface area contributed by atoms with Crippen molar-refractivity contribution in [3.05, 3.63) is 106 Å². The molecule has 174 valence electrons. The minimum Gasteiger partial charge on any atom is -0.376 e. The number of aryl methyl sites for hydroxylation is 1. The summed E-state index contributed by atoms with van der Waals surface area (Å²) in [5.41, 5.74) is 4.49. The van der Waals surface area contributed by atoms with Gasteiger partial charge in [-0.1, -0.05) is 54.9 Å². The zero-order valence-corrected chi connectivity index (χ0v) is 19.6. The molecule has 0 bridgehead atoms. The van der Waals surface area contributed by atoms with E-state index in [2.05, 4.69) is 27.5 Å². The first-order valence-electron chi connectivity index (χ1n) is 11.1. The van der Waals surface area contributed by atoms with Gasteiger partial charge in [-0.2, -0.15) is 0 Å². The number of H-pyrrole nitrogens is 1. The van der Waals surface area contributed by atoms with Crippen LogP contribution in [0.1, 0.15) is 49.3 Å². The quantitative estimate of drug-likeness (QED) is 0.357. The Morgan fingerprint density at radius 2 is 1.71 bits per heavy atom. The van der Waals surface area contributed by atoms with E-state index in [0.717, 1.165) is 28.7 Å². The van der Waals surface area contributed by atoms with Gasteiger partial charge in [0, 0.05) is 34.3 Å². The number of anilines is 1. The van der Waals surface area contributed by atoms with Gasteiger partial charge in [-0.25, -0.2) is 4.98 Å². The van der Waals surface area contributed by atoms with E-state index in [1.165, 1.54) is 0 Å². The number of carbonyl (C=O) groups excluding carboxylic acids is 3. The Bertz CT molecular complexity index is 1520. The van der Waals surface area contributed by atoms with E-state index in [1.807, 2.05) is 12.1 Å². The predicted molar refractivity (Wildman–Crippen MR) is 135 cm³/mol. The molecule has 2 heterocycles. The smallest absolute Gasteiger partial charge is 0.255 e. The van der Waals surface area contributed by atoms with Crippen molar-refractivity contribution in [2.75, 3.05) is 5.32 Å². The van der Waals surface area contributed by atoms with Crippen molar-refractivity contribution in [3.8, 4) is 0 Å². The van der Waals surface area contributed by atoms with Crippen molar-refractivity contribution in [2.24, 2.45) is 0 Å². The van der Waals surface area contributed by atoms with Crippen LogP contribution in [0, 0.1) is 0 Å². The van der Waals surface area contributed by atoms with Crippen molar-refractivity contribution in [1.82, 2.24) is 15.3 Å². The highest BCUT2D eigenvalue weighted by molar-refractivity contribution is 6.49. The number of rotatable bonds is 6. The first-order chi connectivity index (χ1) is 16.9. The number of ketones is 2. The average molecular weight is 485 g/mol. The fourth-order valence-electron chi connectivity index (χ4n) is 4.00. The summed E-state index contributed by atoms with van der Waals surface area (Å²) in [5.74, 6) is -0.956. The molecule has 1 aliphatic carbocycles. The number of hydrogen-bond acceptors (Lipinski definition) is 5. The average Bonchev–Trinajstić information content (AvgIpc) is 3.30. The highest BCUT2D eigenvalue weighted by Gasteiger charge is 2.30. The number of nitrogens with one attached hydrogen (secondary N) is 3. The van der Waals surface area contributed by atoms with Crippen LogP contribution in [-0.2, 0) is 13.0 Å². The molecule has 4 aromatic rings. The van der Waals surface area contributed by atoms with Crippen LogP contribution in [0.15, 0.2) is 77.6 Å². The third-order valence-corrected chi connectivity index (χ3v) is 6.27. The highest BCUT2D eigenvalue weighted by Crippen LogP contribution is 2.27. The SMILES string of the molecule is CCc1cc2cc(NC(=O)c3ccc(CNC4=C(Cl)C(=O)c5ccccc5C4=O)cc3)cnc2[nH]1. The number of aromatic nitrogens is 2. The van der Waals surface area contributed by atoms with Crippen molar-refractivity contribution >= 4 is 45.8 Å². The number of Topliss-reactive ketones (excluding diaryl/α,β-unsaturated/α-hetero) is 2. The van der Waals surface area contributed by atoms with Crippen LogP contribution < -0.4 is 10.6 Å². The molecule has 3 N–H and O–H groups in total. The molecule has 0 atom stereocenters. The Labute approximate surface area is 206 Å². The van der Waals surface area contributed by atoms with Crippen LogP contribution in [0.25, 0.3) is 11.0 Å². The van der Waals surface area contributed by atoms with E-state index >= 15 is 0 Å². The molecule has 0 aliphatic heterocycles. The summed E-state index contributed by atoms with van der Waals surface area (Å²) >= 11 is 6.20. The molecule has 7 nitrogen and oxygen atoms in total. The Kier molecular flexibility index (Phi) is 5.93.